The fraction of sp³-hybridized carbons (Fsp3) is 0.182. The highest BCUT2D eigenvalue weighted by atomic mass is 16.4. The quantitative estimate of drug-likeness (QED) is 0.369. The number of carboxylic acids is 1. The predicted octanol–water partition coefficient (Wildman–Crippen LogP) is -0.548. The number of nitrogens with one attached hydrogen (secondary N) is 4. The van der Waals surface area contributed by atoms with Crippen LogP contribution in [0.15, 0.2) is 29.4 Å². The zero-order chi connectivity index (χ0) is 13.7. The van der Waals surface area contributed by atoms with Gasteiger partial charge in [0, 0.05) is 0 Å². The molecule has 0 radical (unpaired) electrons. The van der Waals surface area contributed by atoms with Gasteiger partial charge in [0.15, 0.2) is 0 Å². The highest BCUT2D eigenvalue weighted by Gasteiger charge is 2.15. The molecule has 1 unspecified atom stereocenters. The predicted molar refractivity (Wildman–Crippen MR) is 67.6 cm³/mol. The third-order valence-electron chi connectivity index (χ3n) is 2.42. The molecular weight excluding hydrogens is 250 g/mol. The summed E-state index contributed by atoms with van der Waals surface area (Å²) in [4.78, 5) is 21.6. The number of urea groups is 1. The fourth-order valence-electron chi connectivity index (χ4n) is 1.47. The summed E-state index contributed by atoms with van der Waals surface area (Å²) >= 11 is 0. The molecule has 0 aliphatic carbocycles. The molecule has 0 spiro atoms. The van der Waals surface area contributed by atoms with Gasteiger partial charge >= 0.3 is 12.0 Å². The lowest BCUT2D eigenvalue weighted by molar-refractivity contribution is 0.0697. The van der Waals surface area contributed by atoms with Gasteiger partial charge in [0.05, 0.1) is 18.3 Å². The van der Waals surface area contributed by atoms with Crippen LogP contribution in [0.1, 0.15) is 15.9 Å². The summed E-state index contributed by atoms with van der Waals surface area (Å²) in [6.07, 6.45) is 1.24. The second-order valence-electron chi connectivity index (χ2n) is 3.85. The normalized spacial score (nSPS) is 18.7. The van der Waals surface area contributed by atoms with Gasteiger partial charge < -0.3 is 10.4 Å². The summed E-state index contributed by atoms with van der Waals surface area (Å²) in [6, 6.07) is 5.96. The average molecular weight is 263 g/mol. The van der Waals surface area contributed by atoms with Crippen LogP contribution in [0.4, 0.5) is 4.79 Å². The maximum atomic E-state index is 11.0. The topological polar surface area (TPSA) is 115 Å². The van der Waals surface area contributed by atoms with Crippen molar-refractivity contribution >= 4 is 18.2 Å². The molecule has 0 bridgehead atoms. The van der Waals surface area contributed by atoms with Gasteiger partial charge in [-0.25, -0.2) is 15.0 Å². The molecule has 5 N–H and O–H groups in total. The molecule has 100 valence electrons. The first-order valence-electron chi connectivity index (χ1n) is 5.56. The average Bonchev–Trinajstić information content (AvgIpc) is 2.39. The second-order valence-corrected chi connectivity index (χ2v) is 3.85. The van der Waals surface area contributed by atoms with Crippen LogP contribution < -0.4 is 21.6 Å². The number of carbonyl (C=O) groups is 2. The number of carboxylic acid groups (broad SMARTS) is 1. The smallest absolute Gasteiger partial charge is 0.335 e. The Labute approximate surface area is 108 Å². The van der Waals surface area contributed by atoms with E-state index in [2.05, 4.69) is 26.7 Å². The molecule has 0 saturated carbocycles. The Balaban J connectivity index is 1.88. The molecule has 2 amide bonds. The summed E-state index contributed by atoms with van der Waals surface area (Å²) in [5, 5.41) is 15.3. The number of hydrogen-bond donors (Lipinski definition) is 5. The lowest BCUT2D eigenvalue weighted by atomic mass is 10.1. The number of aromatic carboxylic acids is 1. The van der Waals surface area contributed by atoms with Crippen molar-refractivity contribution in [2.45, 2.75) is 6.17 Å². The van der Waals surface area contributed by atoms with Gasteiger partial charge in [-0.2, -0.15) is 5.10 Å². The number of amides is 2. The molecule has 1 aliphatic rings. The van der Waals surface area contributed by atoms with E-state index in [1.165, 1.54) is 12.1 Å². The number of carbonyl (C=O) groups excluding carboxylic acids is 1. The third kappa shape index (κ3) is 3.68. The van der Waals surface area contributed by atoms with Crippen LogP contribution in [0, 0.1) is 0 Å². The molecule has 1 saturated heterocycles. The van der Waals surface area contributed by atoms with E-state index in [1.54, 1.807) is 18.3 Å². The van der Waals surface area contributed by atoms with Gasteiger partial charge in [-0.1, -0.05) is 12.1 Å². The van der Waals surface area contributed by atoms with E-state index in [9.17, 15) is 9.59 Å². The van der Waals surface area contributed by atoms with Gasteiger partial charge in [-0.3, -0.25) is 10.9 Å². The van der Waals surface area contributed by atoms with E-state index >= 15 is 0 Å². The Bertz CT molecular complexity index is 500. The van der Waals surface area contributed by atoms with Crippen LogP contribution in [0.5, 0.6) is 0 Å². The summed E-state index contributed by atoms with van der Waals surface area (Å²) in [5.41, 5.74) is 8.81. The van der Waals surface area contributed by atoms with Crippen molar-refractivity contribution in [2.75, 3.05) is 6.54 Å². The number of benzene rings is 1. The minimum absolute atomic E-state index is 0.222. The first kappa shape index (κ1) is 12.8. The molecule has 1 aliphatic heterocycles. The maximum absolute atomic E-state index is 11.0. The van der Waals surface area contributed by atoms with E-state index in [0.717, 1.165) is 5.56 Å². The number of nitrogens with zero attached hydrogens (tertiary/aromatic N) is 1. The van der Waals surface area contributed by atoms with Gasteiger partial charge in [0.2, 0.25) is 0 Å². The van der Waals surface area contributed by atoms with Crippen molar-refractivity contribution < 1.29 is 14.7 Å². The standard InChI is InChI=1S/C11H13N5O3/c17-10(18)8-3-1-7(2-4-8)5-12-15-9-6-13-16-11(19)14-9/h1-5,9,13,15H,6H2,(H,17,18)(H2,14,16,19)/b12-5+. The monoisotopic (exact) mass is 263 g/mol. The molecule has 1 fully saturated rings. The SMILES string of the molecule is O=C1NNCC(N/N=C/c2ccc(C(=O)O)cc2)N1. The van der Waals surface area contributed by atoms with E-state index < -0.39 is 5.97 Å². The van der Waals surface area contributed by atoms with Gasteiger partial charge in [0.1, 0.15) is 6.17 Å². The highest BCUT2D eigenvalue weighted by molar-refractivity contribution is 5.89. The van der Waals surface area contributed by atoms with Gasteiger partial charge in [0.25, 0.3) is 0 Å². The molecule has 19 heavy (non-hydrogen) atoms. The molecule has 8 heteroatoms. The van der Waals surface area contributed by atoms with Crippen molar-refractivity contribution in [3.8, 4) is 0 Å². The number of hydrogen-bond acceptors (Lipinski definition) is 5. The molecule has 1 aromatic rings. The van der Waals surface area contributed by atoms with Crippen molar-refractivity contribution in [2.24, 2.45) is 5.10 Å². The molecule has 1 atom stereocenters. The van der Waals surface area contributed by atoms with Crippen LogP contribution in [-0.4, -0.2) is 36.0 Å². The van der Waals surface area contributed by atoms with Crippen molar-refractivity contribution in [3.63, 3.8) is 0 Å². The highest BCUT2D eigenvalue weighted by Crippen LogP contribution is 2.02. The summed E-state index contributed by atoms with van der Waals surface area (Å²) in [7, 11) is 0. The summed E-state index contributed by atoms with van der Waals surface area (Å²) in [6.45, 7) is 0.487. The molecular formula is C11H13N5O3. The Hall–Kier alpha value is -2.61. The van der Waals surface area contributed by atoms with E-state index in [1.807, 2.05) is 0 Å². The van der Waals surface area contributed by atoms with Crippen LogP contribution >= 0.6 is 0 Å². The van der Waals surface area contributed by atoms with Crippen LogP contribution in [0.2, 0.25) is 0 Å². The summed E-state index contributed by atoms with van der Waals surface area (Å²) in [5.74, 6) is -0.967. The lowest BCUT2D eigenvalue weighted by Crippen LogP contribution is -2.62. The Morgan fingerprint density at radius 1 is 1.42 bits per heavy atom. The van der Waals surface area contributed by atoms with Gasteiger partial charge in [-0.15, -0.1) is 0 Å². The van der Waals surface area contributed by atoms with Gasteiger partial charge in [-0.05, 0) is 17.7 Å². The second kappa shape index (κ2) is 5.83. The zero-order valence-corrected chi connectivity index (χ0v) is 9.88. The van der Waals surface area contributed by atoms with Crippen LogP contribution in [0.25, 0.3) is 0 Å². The van der Waals surface area contributed by atoms with Crippen molar-refractivity contribution in [1.82, 2.24) is 21.6 Å². The fourth-order valence-corrected chi connectivity index (χ4v) is 1.47. The third-order valence-corrected chi connectivity index (χ3v) is 2.42. The number of rotatable bonds is 4. The molecule has 2 rings (SSSR count). The maximum Gasteiger partial charge on any atom is 0.335 e. The minimum Gasteiger partial charge on any atom is -0.478 e. The van der Waals surface area contributed by atoms with Crippen LogP contribution in [-0.2, 0) is 0 Å². The first-order valence-corrected chi connectivity index (χ1v) is 5.56. The first-order chi connectivity index (χ1) is 9.15. The summed E-state index contributed by atoms with van der Waals surface area (Å²) < 4.78 is 0. The number of hydrazone groups is 1. The van der Waals surface area contributed by atoms with E-state index in [-0.39, 0.29) is 17.8 Å². The molecule has 8 nitrogen and oxygen atoms in total. The zero-order valence-electron chi connectivity index (χ0n) is 9.88. The van der Waals surface area contributed by atoms with Crippen molar-refractivity contribution in [3.05, 3.63) is 35.4 Å². The Morgan fingerprint density at radius 3 is 2.79 bits per heavy atom. The molecule has 1 aromatic carbocycles. The number of hydrazine groups is 1. The van der Waals surface area contributed by atoms with Crippen LogP contribution in [0.3, 0.4) is 0 Å². The van der Waals surface area contributed by atoms with E-state index in [0.29, 0.717) is 6.54 Å². The lowest BCUT2D eigenvalue weighted by Gasteiger charge is -2.24. The largest absolute Gasteiger partial charge is 0.478 e. The Morgan fingerprint density at radius 2 is 2.16 bits per heavy atom. The van der Waals surface area contributed by atoms with Crippen molar-refractivity contribution in [1.29, 1.82) is 0 Å². The molecule has 0 aromatic heterocycles. The molecule has 1 heterocycles. The minimum atomic E-state index is -0.967. The van der Waals surface area contributed by atoms with E-state index in [4.69, 9.17) is 5.11 Å². The Kier molecular flexibility index (Phi) is 3.94.